The summed E-state index contributed by atoms with van der Waals surface area (Å²) < 4.78 is 0. The maximum Gasteiger partial charge on any atom is 2.00 e. The molecule has 0 aromatic heterocycles. The summed E-state index contributed by atoms with van der Waals surface area (Å²) >= 11 is 0. The van der Waals surface area contributed by atoms with Crippen molar-refractivity contribution in [2.75, 3.05) is 0 Å². The van der Waals surface area contributed by atoms with Crippen molar-refractivity contribution in [3.63, 3.8) is 0 Å². The molecule has 0 aliphatic carbocycles. The van der Waals surface area contributed by atoms with Gasteiger partial charge in [0.2, 0.25) is 0 Å². The van der Waals surface area contributed by atoms with Crippen LogP contribution in [-0.2, 0) is 42.2 Å². The van der Waals surface area contributed by atoms with Crippen LogP contribution in [0.1, 0.15) is 262 Å². The van der Waals surface area contributed by atoms with Gasteiger partial charge in [0.15, 0.2) is 0 Å². The van der Waals surface area contributed by atoms with Crippen LogP contribution in [0.15, 0.2) is 47.5 Å². The van der Waals surface area contributed by atoms with E-state index in [1.54, 1.807) is 0 Å². The van der Waals surface area contributed by atoms with Gasteiger partial charge in [-0.25, -0.2) is 0 Å². The van der Waals surface area contributed by atoms with Gasteiger partial charge < -0.3 is 19.4 Å². The molecule has 0 saturated carbocycles. The summed E-state index contributed by atoms with van der Waals surface area (Å²) in [5.74, 6) is 3.19. The molecule has 0 amide bonds. The molecule has 0 atom stereocenters. The van der Waals surface area contributed by atoms with Gasteiger partial charge in [0.05, 0.1) is 5.57 Å². The molecule has 0 unspecified atom stereocenters. The van der Waals surface area contributed by atoms with Crippen LogP contribution in [0.4, 0.5) is 0 Å². The molecule has 344 valence electrons. The second kappa shape index (κ2) is 43.5. The van der Waals surface area contributed by atoms with E-state index in [1.807, 2.05) is 0 Å². The number of hydrogen-bond acceptors (Lipinski definition) is 0. The van der Waals surface area contributed by atoms with Crippen molar-refractivity contribution in [2.24, 2.45) is 0 Å². The minimum atomic E-state index is 0. The van der Waals surface area contributed by atoms with E-state index in [4.69, 9.17) is 0 Å². The summed E-state index contributed by atoms with van der Waals surface area (Å²) in [4.78, 5) is 3.62. The fraction of sp³-hybridized carbons (Fsp3) is 0.684. The Morgan fingerprint density at radius 2 is 0.750 bits per heavy atom. The Morgan fingerprint density at radius 1 is 0.433 bits per heavy atom. The van der Waals surface area contributed by atoms with E-state index in [2.05, 4.69) is 116 Å². The van der Waals surface area contributed by atoms with Crippen LogP contribution >= 0.6 is 0 Å². The van der Waals surface area contributed by atoms with Gasteiger partial charge in [-0.2, -0.15) is 12.8 Å². The largest absolute Gasteiger partial charge is 2.00 e. The Labute approximate surface area is 385 Å². The zero-order chi connectivity index (χ0) is 43.8. The van der Waals surface area contributed by atoms with E-state index in [1.165, 1.54) is 179 Å². The van der Waals surface area contributed by atoms with Crippen LogP contribution in [0.25, 0.3) is 11.1 Å². The third-order valence-electron chi connectivity index (χ3n) is 11.3. The first kappa shape index (κ1) is 59.9. The maximum absolute atomic E-state index is 10.1. The molecule has 2 nitrogen and oxygen atoms in total. The molecular formula is C57H96N2Ni. The molecule has 0 heterocycles. The molecule has 0 bridgehead atoms. The fourth-order valence-electron chi connectivity index (χ4n) is 7.58. The van der Waals surface area contributed by atoms with Gasteiger partial charge in [0, 0.05) is 0 Å². The average molecular weight is 868 g/mol. The molecule has 2 aromatic carbocycles. The fourth-order valence-corrected chi connectivity index (χ4v) is 7.58. The van der Waals surface area contributed by atoms with Crippen molar-refractivity contribution < 1.29 is 21.3 Å². The van der Waals surface area contributed by atoms with Crippen LogP contribution in [0, 0.1) is 13.8 Å². The van der Waals surface area contributed by atoms with Gasteiger partial charge in [-0.05, 0) is 122 Å². The number of allylic oxidation sites excluding steroid dienone is 2. The number of hydrogen-bond donors (Lipinski definition) is 0. The van der Waals surface area contributed by atoms with E-state index < -0.39 is 0 Å². The van der Waals surface area contributed by atoms with Crippen molar-refractivity contribution in [1.82, 2.24) is 0 Å². The molecule has 60 heavy (non-hydrogen) atoms. The Balaban J connectivity index is 0. The van der Waals surface area contributed by atoms with Crippen molar-refractivity contribution in [1.29, 1.82) is 0 Å². The van der Waals surface area contributed by atoms with Crippen molar-refractivity contribution in [3.8, 4) is 0 Å². The second-order valence-electron chi connectivity index (χ2n) is 17.1. The monoisotopic (exact) mass is 867 g/mol. The van der Waals surface area contributed by atoms with Crippen LogP contribution in [0.5, 0.6) is 0 Å². The van der Waals surface area contributed by atoms with Crippen LogP contribution in [-0.4, -0.2) is 10.7 Å². The molecule has 0 aliphatic rings. The zero-order valence-corrected chi connectivity index (χ0v) is 42.0. The molecule has 0 radical (unpaired) electrons. The number of rotatable bonds is 32. The molecule has 0 spiro atoms. The first-order valence-corrected chi connectivity index (χ1v) is 25.4. The van der Waals surface area contributed by atoms with Crippen LogP contribution in [0.3, 0.4) is 0 Å². The van der Waals surface area contributed by atoms with Gasteiger partial charge in [-0.1, -0.05) is 201 Å². The summed E-state index contributed by atoms with van der Waals surface area (Å²) in [5.41, 5.74) is 22.6. The van der Waals surface area contributed by atoms with Crippen LogP contribution < -0.4 is 0 Å². The molecule has 2 rings (SSSR count). The van der Waals surface area contributed by atoms with Gasteiger partial charge in [0.1, 0.15) is 0 Å². The smallest absolute Gasteiger partial charge is 0.348 e. The quantitative estimate of drug-likeness (QED) is 0.0134. The Kier molecular flexibility index (Phi) is 43.4. The van der Waals surface area contributed by atoms with Crippen LogP contribution in [0.2, 0.25) is 0 Å². The molecule has 0 fully saturated rings. The summed E-state index contributed by atoms with van der Waals surface area (Å²) in [6.45, 7) is 25.2. The van der Waals surface area contributed by atoms with Crippen molar-refractivity contribution in [2.45, 2.75) is 254 Å². The third-order valence-corrected chi connectivity index (χ3v) is 11.3. The molecular weight excluding hydrogens is 771 g/mol. The maximum atomic E-state index is 10.1. The summed E-state index contributed by atoms with van der Waals surface area (Å²) in [6.07, 6.45) is 37.2. The van der Waals surface area contributed by atoms with E-state index in [0.29, 0.717) is 0 Å². The molecule has 0 N–H and O–H groups in total. The van der Waals surface area contributed by atoms with Gasteiger partial charge in [-0.15, -0.1) is 4.79 Å². The first-order valence-electron chi connectivity index (χ1n) is 25.4. The third kappa shape index (κ3) is 29.2. The van der Waals surface area contributed by atoms with Gasteiger partial charge in [-0.3, -0.25) is 0 Å². The summed E-state index contributed by atoms with van der Waals surface area (Å²) in [6, 6.07) is 15.2. The second-order valence-corrected chi connectivity index (χ2v) is 17.1. The van der Waals surface area contributed by atoms with E-state index >= 15 is 0 Å². The molecule has 0 saturated heterocycles. The molecule has 0 aliphatic heterocycles. The Morgan fingerprint density at radius 3 is 1.12 bits per heavy atom. The minimum Gasteiger partial charge on any atom is -0.348 e. The normalized spacial score (nSPS) is 11.0. The Bertz CT molecular complexity index is 1340. The summed E-state index contributed by atoms with van der Waals surface area (Å²) in [7, 11) is 0. The predicted molar refractivity (Wildman–Crippen MR) is 267 cm³/mol. The first-order chi connectivity index (χ1) is 28.9. The molecule has 3 heteroatoms. The Hall–Kier alpha value is -2.17. The van der Waals surface area contributed by atoms with Gasteiger partial charge >= 0.3 is 22.4 Å². The number of nitrogens with zero attached hydrogens (tertiary/aromatic N) is 2. The number of benzene rings is 2. The van der Waals surface area contributed by atoms with E-state index in [-0.39, 0.29) is 16.5 Å². The topological polar surface area (TPSA) is 36.4 Å². The average Bonchev–Trinajstić information content (AvgIpc) is 3.25. The van der Waals surface area contributed by atoms with Gasteiger partial charge in [0.25, 0.3) is 0 Å². The zero-order valence-electron chi connectivity index (χ0n) is 41.0. The summed E-state index contributed by atoms with van der Waals surface area (Å²) in [5, 5.41) is 0. The predicted octanol–water partition coefficient (Wildman–Crippen LogP) is 18.8. The standard InChI is InChI=1S/C49H78N2.2C4H9.Ni/c1-7-13-19-22-23-27-33-48(45(40-51-50)32-24-16-10-4)49(46-36-41(28-17-11-5)34-42(37-46)29-18-12-6)47-38-43(30-25-20-14-8-2)35-44(39-47)31-26-21-15-9-3;2*1-3-4-2;/h34-39H,7-33H2,1-6H3;2*1,3-4H2,2H3;/q;2*-1;+2. The van der Waals surface area contributed by atoms with Crippen molar-refractivity contribution in [3.05, 3.63) is 100 Å². The number of unbranched alkanes of at least 4 members (excludes halogenated alkanes) is 17. The SMILES string of the molecule is CCCCCCCCC(C(=C=[N+]=[N-])CCCCC)=C(c1cc(CCCC)cc(CCCC)c1)c1cc(CCCCCC)cc(CCCCCC)c1.[CH2-]CCC.[CH2-]CCC.[Ni+2]. The van der Waals surface area contributed by atoms with E-state index in [9.17, 15) is 5.53 Å². The van der Waals surface area contributed by atoms with Crippen molar-refractivity contribution >= 4 is 11.4 Å². The minimum absolute atomic E-state index is 0. The van der Waals surface area contributed by atoms with E-state index in [0.717, 1.165) is 69.8 Å². The number of aryl methyl sites for hydroxylation is 4. The molecule has 2 aromatic rings.